The molecule has 0 aliphatic heterocycles. The maximum atomic E-state index is 13.4. The first-order valence-electron chi connectivity index (χ1n) is 5.21. The maximum Gasteiger partial charge on any atom is 0.349 e. The summed E-state index contributed by atoms with van der Waals surface area (Å²) >= 11 is 0. The molecular formula is C11H9FN4O3. The molecule has 0 atom stereocenters. The van der Waals surface area contributed by atoms with Gasteiger partial charge in [-0.2, -0.15) is 4.98 Å². The molecule has 2 aromatic rings. The van der Waals surface area contributed by atoms with Crippen molar-refractivity contribution in [1.29, 1.82) is 0 Å². The lowest BCUT2D eigenvalue weighted by Crippen LogP contribution is -2.05. The number of rotatable bonds is 4. The minimum absolute atomic E-state index is 0.158. The van der Waals surface area contributed by atoms with Gasteiger partial charge in [-0.15, -0.1) is 0 Å². The number of ether oxygens (including phenoxy) is 1. The first-order chi connectivity index (χ1) is 9.08. The van der Waals surface area contributed by atoms with Gasteiger partial charge in [0.15, 0.2) is 0 Å². The van der Waals surface area contributed by atoms with Crippen LogP contribution in [0.5, 0.6) is 5.88 Å². The van der Waals surface area contributed by atoms with Crippen molar-refractivity contribution in [3.05, 3.63) is 52.0 Å². The predicted octanol–water partition coefficient (Wildman–Crippen LogP) is 1.69. The summed E-state index contributed by atoms with van der Waals surface area (Å²) in [5.41, 5.74) is 5.16. The van der Waals surface area contributed by atoms with Crippen molar-refractivity contribution in [3.8, 4) is 5.88 Å². The quantitative estimate of drug-likeness (QED) is 0.665. The molecule has 19 heavy (non-hydrogen) atoms. The van der Waals surface area contributed by atoms with Crippen LogP contribution in [-0.2, 0) is 6.61 Å². The van der Waals surface area contributed by atoms with Gasteiger partial charge in [-0.1, -0.05) is 18.2 Å². The fourth-order valence-corrected chi connectivity index (χ4v) is 1.37. The van der Waals surface area contributed by atoms with Crippen LogP contribution in [0.3, 0.4) is 0 Å². The Morgan fingerprint density at radius 2 is 2.16 bits per heavy atom. The Labute approximate surface area is 107 Å². The number of hydrogen-bond acceptors (Lipinski definition) is 6. The monoisotopic (exact) mass is 264 g/mol. The van der Waals surface area contributed by atoms with E-state index >= 15 is 0 Å². The standard InChI is InChI=1S/C11H9FN4O3/c12-8-4-2-1-3-7(8)6-19-10-9(16(17)18)5-14-11(13)15-10/h1-5H,6H2,(H2,13,14,15). The van der Waals surface area contributed by atoms with E-state index in [9.17, 15) is 14.5 Å². The lowest BCUT2D eigenvalue weighted by Gasteiger charge is -2.06. The summed E-state index contributed by atoms with van der Waals surface area (Å²) in [6.45, 7) is -0.191. The molecular weight excluding hydrogens is 255 g/mol. The minimum Gasteiger partial charge on any atom is -0.468 e. The van der Waals surface area contributed by atoms with Crippen molar-refractivity contribution in [2.75, 3.05) is 5.73 Å². The summed E-state index contributed by atoms with van der Waals surface area (Å²) in [4.78, 5) is 17.2. The van der Waals surface area contributed by atoms with Gasteiger partial charge in [0.1, 0.15) is 18.6 Å². The van der Waals surface area contributed by atoms with Gasteiger partial charge in [0.05, 0.1) is 4.92 Å². The Morgan fingerprint density at radius 3 is 2.84 bits per heavy atom. The van der Waals surface area contributed by atoms with Gasteiger partial charge in [0.2, 0.25) is 5.95 Å². The van der Waals surface area contributed by atoms with E-state index in [2.05, 4.69) is 9.97 Å². The molecule has 0 saturated heterocycles. The van der Waals surface area contributed by atoms with E-state index in [4.69, 9.17) is 10.5 Å². The second kappa shape index (κ2) is 5.25. The van der Waals surface area contributed by atoms with Crippen molar-refractivity contribution in [3.63, 3.8) is 0 Å². The minimum atomic E-state index is -0.698. The molecule has 0 aliphatic carbocycles. The van der Waals surface area contributed by atoms with E-state index in [1.807, 2.05) is 0 Å². The number of anilines is 1. The first kappa shape index (κ1) is 12.7. The highest BCUT2D eigenvalue weighted by Gasteiger charge is 2.18. The Balaban J connectivity index is 2.22. The number of aromatic nitrogens is 2. The average molecular weight is 264 g/mol. The molecule has 98 valence electrons. The van der Waals surface area contributed by atoms with E-state index in [-0.39, 0.29) is 24.0 Å². The number of benzene rings is 1. The number of nitrogens with two attached hydrogens (primary N) is 1. The summed E-state index contributed by atoms with van der Waals surface area (Å²) in [6.07, 6.45) is 0.943. The zero-order valence-corrected chi connectivity index (χ0v) is 9.62. The maximum absolute atomic E-state index is 13.4. The molecule has 0 aliphatic rings. The van der Waals surface area contributed by atoms with Crippen molar-refractivity contribution < 1.29 is 14.1 Å². The molecule has 0 unspecified atom stereocenters. The first-order valence-corrected chi connectivity index (χ1v) is 5.21. The third-order valence-corrected chi connectivity index (χ3v) is 2.27. The third-order valence-electron chi connectivity index (χ3n) is 2.27. The SMILES string of the molecule is Nc1ncc([N+](=O)[O-])c(OCc2ccccc2F)n1. The highest BCUT2D eigenvalue weighted by atomic mass is 19.1. The van der Waals surface area contributed by atoms with Crippen molar-refractivity contribution in [1.82, 2.24) is 9.97 Å². The summed E-state index contributed by atoms with van der Waals surface area (Å²) in [7, 11) is 0. The van der Waals surface area contributed by atoms with Gasteiger partial charge >= 0.3 is 5.69 Å². The van der Waals surface area contributed by atoms with Crippen LogP contribution < -0.4 is 10.5 Å². The van der Waals surface area contributed by atoms with Crippen LogP contribution in [0.25, 0.3) is 0 Å². The summed E-state index contributed by atoms with van der Waals surface area (Å²) < 4.78 is 18.5. The molecule has 0 amide bonds. The summed E-state index contributed by atoms with van der Waals surface area (Å²) in [5, 5.41) is 10.7. The van der Waals surface area contributed by atoms with E-state index in [0.29, 0.717) is 0 Å². The lowest BCUT2D eigenvalue weighted by molar-refractivity contribution is -0.386. The molecule has 2 N–H and O–H groups in total. The van der Waals surface area contributed by atoms with E-state index in [1.165, 1.54) is 18.2 Å². The zero-order valence-electron chi connectivity index (χ0n) is 9.62. The van der Waals surface area contributed by atoms with Gasteiger partial charge < -0.3 is 10.5 Å². The van der Waals surface area contributed by atoms with Gasteiger partial charge in [-0.3, -0.25) is 10.1 Å². The Kier molecular flexibility index (Phi) is 3.51. The van der Waals surface area contributed by atoms with Crippen LogP contribution in [0.1, 0.15) is 5.56 Å². The molecule has 0 radical (unpaired) electrons. The van der Waals surface area contributed by atoms with Gasteiger partial charge in [-0.05, 0) is 6.07 Å². The normalized spacial score (nSPS) is 10.2. The van der Waals surface area contributed by atoms with Crippen LogP contribution in [0.4, 0.5) is 16.0 Å². The number of nitrogen functional groups attached to an aromatic ring is 1. The van der Waals surface area contributed by atoms with E-state index < -0.39 is 16.4 Å². The zero-order chi connectivity index (χ0) is 13.8. The molecule has 0 bridgehead atoms. The van der Waals surface area contributed by atoms with Crippen LogP contribution >= 0.6 is 0 Å². The third kappa shape index (κ3) is 2.92. The number of nitro groups is 1. The largest absolute Gasteiger partial charge is 0.468 e. The van der Waals surface area contributed by atoms with Crippen molar-refractivity contribution in [2.45, 2.75) is 6.61 Å². The fraction of sp³-hybridized carbons (Fsp3) is 0.0909. The number of hydrogen-bond donors (Lipinski definition) is 1. The van der Waals surface area contributed by atoms with E-state index in [0.717, 1.165) is 6.20 Å². The second-order valence-corrected chi connectivity index (χ2v) is 3.56. The van der Waals surface area contributed by atoms with Gasteiger partial charge in [0, 0.05) is 5.56 Å². The highest BCUT2D eigenvalue weighted by Crippen LogP contribution is 2.24. The number of halogens is 1. The molecule has 1 heterocycles. The van der Waals surface area contributed by atoms with Crippen LogP contribution in [0.15, 0.2) is 30.5 Å². The molecule has 0 spiro atoms. The summed E-state index contributed by atoms with van der Waals surface area (Å²) in [6, 6.07) is 5.93. The smallest absolute Gasteiger partial charge is 0.349 e. The Hall–Kier alpha value is -2.77. The van der Waals surface area contributed by atoms with Crippen molar-refractivity contribution in [2.24, 2.45) is 0 Å². The topological polar surface area (TPSA) is 104 Å². The highest BCUT2D eigenvalue weighted by molar-refractivity contribution is 5.41. The van der Waals surface area contributed by atoms with Gasteiger partial charge in [0.25, 0.3) is 5.88 Å². The molecule has 7 nitrogen and oxygen atoms in total. The molecule has 1 aromatic carbocycles. The molecule has 0 saturated carbocycles. The molecule has 0 fully saturated rings. The van der Waals surface area contributed by atoms with Crippen LogP contribution in [0, 0.1) is 15.9 Å². The summed E-state index contributed by atoms with van der Waals surface area (Å²) in [5.74, 6) is -0.915. The van der Waals surface area contributed by atoms with Crippen LogP contribution in [0.2, 0.25) is 0 Å². The number of nitrogens with zero attached hydrogens (tertiary/aromatic N) is 3. The Morgan fingerprint density at radius 1 is 1.42 bits per heavy atom. The fourth-order valence-electron chi connectivity index (χ4n) is 1.37. The predicted molar refractivity (Wildman–Crippen MR) is 63.8 cm³/mol. The van der Waals surface area contributed by atoms with Crippen LogP contribution in [-0.4, -0.2) is 14.9 Å². The lowest BCUT2D eigenvalue weighted by atomic mass is 10.2. The second-order valence-electron chi connectivity index (χ2n) is 3.56. The molecule has 1 aromatic heterocycles. The Bertz CT molecular complexity index is 621. The molecule has 2 rings (SSSR count). The van der Waals surface area contributed by atoms with E-state index in [1.54, 1.807) is 6.07 Å². The van der Waals surface area contributed by atoms with Crippen molar-refractivity contribution >= 4 is 11.6 Å². The molecule has 8 heteroatoms. The van der Waals surface area contributed by atoms with Gasteiger partial charge in [-0.25, -0.2) is 9.37 Å². The average Bonchev–Trinajstić information content (AvgIpc) is 2.37.